The van der Waals surface area contributed by atoms with E-state index in [-0.39, 0.29) is 4.83 Å². The van der Waals surface area contributed by atoms with E-state index in [0.717, 1.165) is 32.5 Å². The van der Waals surface area contributed by atoms with Gasteiger partial charge in [-0.25, -0.2) is 4.68 Å². The molecule has 2 aromatic rings. The zero-order chi connectivity index (χ0) is 14.0. The third-order valence-electron chi connectivity index (χ3n) is 2.66. The van der Waals surface area contributed by atoms with Crippen molar-refractivity contribution in [2.75, 3.05) is 7.11 Å². The van der Waals surface area contributed by atoms with Crippen molar-refractivity contribution in [3.05, 3.63) is 33.0 Å². The number of aromatic nitrogens is 3. The first-order valence-electron chi connectivity index (χ1n) is 5.66. The van der Waals surface area contributed by atoms with E-state index in [1.54, 1.807) is 11.8 Å². The highest BCUT2D eigenvalue weighted by Crippen LogP contribution is 2.33. The van der Waals surface area contributed by atoms with E-state index >= 15 is 0 Å². The molecule has 0 radical (unpaired) electrons. The van der Waals surface area contributed by atoms with E-state index < -0.39 is 0 Å². The molecule has 0 aliphatic rings. The van der Waals surface area contributed by atoms with Crippen molar-refractivity contribution in [2.45, 2.75) is 18.2 Å². The van der Waals surface area contributed by atoms with Gasteiger partial charge in [-0.1, -0.05) is 28.1 Å². The Morgan fingerprint density at radius 1 is 1.32 bits per heavy atom. The Hall–Kier alpha value is -0.400. The van der Waals surface area contributed by atoms with Crippen LogP contribution in [-0.2, 0) is 0 Å². The summed E-state index contributed by atoms with van der Waals surface area (Å²) in [5.74, 6) is 0.751. The number of alkyl halides is 1. The van der Waals surface area contributed by atoms with Crippen LogP contribution in [0.1, 0.15) is 23.9 Å². The predicted molar refractivity (Wildman–Crippen MR) is 85.3 cm³/mol. The number of rotatable bonds is 4. The standard InChI is InChI=1S/C12H12Br3N3O/c1-3-7(13)10-6-18(17-16-10)11-5-12(19-2)9(15)4-8(11)14/h4-7H,3H2,1-2H3. The van der Waals surface area contributed by atoms with Gasteiger partial charge in [0.05, 0.1) is 34.0 Å². The number of hydrogen-bond acceptors (Lipinski definition) is 3. The maximum atomic E-state index is 5.30. The molecule has 102 valence electrons. The number of halogens is 3. The Bertz CT molecular complexity index is 586. The van der Waals surface area contributed by atoms with E-state index in [1.807, 2.05) is 18.3 Å². The van der Waals surface area contributed by atoms with E-state index in [9.17, 15) is 0 Å². The minimum Gasteiger partial charge on any atom is -0.495 e. The Kier molecular flexibility index (Phi) is 5.03. The Morgan fingerprint density at radius 2 is 2.05 bits per heavy atom. The predicted octanol–water partition coefficient (Wildman–Crippen LogP) is 4.65. The molecule has 0 saturated heterocycles. The van der Waals surface area contributed by atoms with Gasteiger partial charge < -0.3 is 4.74 Å². The molecule has 1 atom stereocenters. The molecule has 0 spiro atoms. The van der Waals surface area contributed by atoms with Crippen LogP contribution < -0.4 is 4.74 Å². The second kappa shape index (κ2) is 6.37. The van der Waals surface area contributed by atoms with Crippen LogP contribution in [0.25, 0.3) is 5.69 Å². The van der Waals surface area contributed by atoms with Gasteiger partial charge in [-0.05, 0) is 44.3 Å². The third kappa shape index (κ3) is 3.20. The molecule has 1 aromatic carbocycles. The summed E-state index contributed by atoms with van der Waals surface area (Å²) in [5.41, 5.74) is 1.80. The van der Waals surface area contributed by atoms with Crippen LogP contribution in [0.3, 0.4) is 0 Å². The van der Waals surface area contributed by atoms with Gasteiger partial charge in [0, 0.05) is 10.5 Å². The second-order valence-corrected chi connectivity index (χ2v) is 6.72. The lowest BCUT2D eigenvalue weighted by atomic mass is 10.2. The average Bonchev–Trinajstić information content (AvgIpc) is 2.87. The summed E-state index contributed by atoms with van der Waals surface area (Å²) in [6.45, 7) is 2.09. The topological polar surface area (TPSA) is 39.9 Å². The zero-order valence-corrected chi connectivity index (χ0v) is 15.2. The summed E-state index contributed by atoms with van der Waals surface area (Å²) in [4.78, 5) is 0.220. The monoisotopic (exact) mass is 451 g/mol. The van der Waals surface area contributed by atoms with Gasteiger partial charge in [0.25, 0.3) is 0 Å². The molecule has 0 N–H and O–H groups in total. The molecule has 0 amide bonds. The number of nitrogens with zero attached hydrogens (tertiary/aromatic N) is 3. The summed E-state index contributed by atoms with van der Waals surface area (Å²) in [5, 5.41) is 8.33. The summed E-state index contributed by atoms with van der Waals surface area (Å²) in [7, 11) is 1.64. The van der Waals surface area contributed by atoms with Gasteiger partial charge in [-0.3, -0.25) is 0 Å². The summed E-state index contributed by atoms with van der Waals surface area (Å²) >= 11 is 10.5. The lowest BCUT2D eigenvalue weighted by Crippen LogP contribution is -1.98. The quantitative estimate of drug-likeness (QED) is 0.633. The Morgan fingerprint density at radius 3 is 2.68 bits per heavy atom. The average molecular weight is 454 g/mol. The molecule has 2 rings (SSSR count). The van der Waals surface area contributed by atoms with Gasteiger partial charge in [-0.15, -0.1) is 5.10 Å². The highest BCUT2D eigenvalue weighted by molar-refractivity contribution is 9.11. The van der Waals surface area contributed by atoms with E-state index in [0.29, 0.717) is 0 Å². The van der Waals surface area contributed by atoms with Gasteiger partial charge in [0.15, 0.2) is 0 Å². The van der Waals surface area contributed by atoms with Crippen molar-refractivity contribution < 1.29 is 4.74 Å². The molecule has 7 heteroatoms. The third-order valence-corrected chi connectivity index (χ3v) is 5.03. The molecular weight excluding hydrogens is 442 g/mol. The van der Waals surface area contributed by atoms with E-state index in [1.165, 1.54) is 0 Å². The maximum absolute atomic E-state index is 5.30. The molecule has 0 saturated carbocycles. The summed E-state index contributed by atoms with van der Waals surface area (Å²) < 4.78 is 8.84. The van der Waals surface area contributed by atoms with Crippen molar-refractivity contribution >= 4 is 47.8 Å². The molecule has 4 nitrogen and oxygen atoms in total. The number of ether oxygens (including phenoxy) is 1. The molecule has 1 unspecified atom stereocenters. The van der Waals surface area contributed by atoms with Crippen LogP contribution >= 0.6 is 47.8 Å². The Balaban J connectivity index is 2.44. The number of benzene rings is 1. The fourth-order valence-corrected chi connectivity index (χ4v) is 3.14. The molecule has 1 aromatic heterocycles. The van der Waals surface area contributed by atoms with Crippen LogP contribution in [0.5, 0.6) is 5.75 Å². The summed E-state index contributed by atoms with van der Waals surface area (Å²) in [6, 6.07) is 3.84. The van der Waals surface area contributed by atoms with Crippen molar-refractivity contribution in [1.82, 2.24) is 15.0 Å². The van der Waals surface area contributed by atoms with Crippen molar-refractivity contribution in [2.24, 2.45) is 0 Å². The Labute approximate surface area is 136 Å². The van der Waals surface area contributed by atoms with Gasteiger partial charge in [0.2, 0.25) is 0 Å². The lowest BCUT2D eigenvalue weighted by molar-refractivity contribution is 0.411. The fraction of sp³-hybridized carbons (Fsp3) is 0.333. The number of hydrogen-bond donors (Lipinski definition) is 0. The highest BCUT2D eigenvalue weighted by atomic mass is 79.9. The van der Waals surface area contributed by atoms with Crippen LogP contribution in [0, 0.1) is 0 Å². The van der Waals surface area contributed by atoms with Crippen LogP contribution in [0.15, 0.2) is 27.3 Å². The molecule has 0 bridgehead atoms. The second-order valence-electron chi connectivity index (χ2n) is 3.90. The van der Waals surface area contributed by atoms with Crippen molar-refractivity contribution in [1.29, 1.82) is 0 Å². The largest absolute Gasteiger partial charge is 0.495 e. The first-order valence-corrected chi connectivity index (χ1v) is 8.16. The SMILES string of the molecule is CCC(Br)c1cn(-c2cc(OC)c(Br)cc2Br)nn1. The molecular formula is C12H12Br3N3O. The minimum atomic E-state index is 0.220. The van der Waals surface area contributed by atoms with Crippen molar-refractivity contribution in [3.63, 3.8) is 0 Å². The first kappa shape index (κ1) is 15.0. The van der Waals surface area contributed by atoms with Gasteiger partial charge in [0.1, 0.15) is 5.75 Å². The van der Waals surface area contributed by atoms with Crippen LogP contribution in [-0.4, -0.2) is 22.1 Å². The summed E-state index contributed by atoms with van der Waals surface area (Å²) in [6.07, 6.45) is 2.87. The molecule has 1 heterocycles. The van der Waals surface area contributed by atoms with Gasteiger partial charge in [-0.2, -0.15) is 0 Å². The van der Waals surface area contributed by atoms with Gasteiger partial charge >= 0.3 is 0 Å². The molecule has 19 heavy (non-hydrogen) atoms. The van der Waals surface area contributed by atoms with E-state index in [2.05, 4.69) is 65.0 Å². The number of methoxy groups -OCH3 is 1. The van der Waals surface area contributed by atoms with Crippen LogP contribution in [0.2, 0.25) is 0 Å². The minimum absolute atomic E-state index is 0.220. The lowest BCUT2D eigenvalue weighted by Gasteiger charge is -2.08. The molecule has 0 fully saturated rings. The zero-order valence-electron chi connectivity index (χ0n) is 10.4. The molecule has 0 aliphatic carbocycles. The van der Waals surface area contributed by atoms with Crippen molar-refractivity contribution in [3.8, 4) is 11.4 Å². The fourth-order valence-electron chi connectivity index (χ4n) is 1.60. The first-order chi connectivity index (χ1) is 9.06. The van der Waals surface area contributed by atoms with E-state index in [4.69, 9.17) is 4.74 Å². The maximum Gasteiger partial charge on any atom is 0.135 e. The molecule has 0 aliphatic heterocycles. The smallest absolute Gasteiger partial charge is 0.135 e. The highest BCUT2D eigenvalue weighted by Gasteiger charge is 2.14. The van der Waals surface area contributed by atoms with Crippen LogP contribution in [0.4, 0.5) is 0 Å². The normalized spacial score (nSPS) is 12.5.